The van der Waals surface area contributed by atoms with Crippen molar-refractivity contribution in [2.75, 3.05) is 6.79 Å². The maximum atomic E-state index is 12.0. The van der Waals surface area contributed by atoms with Crippen molar-refractivity contribution in [2.24, 2.45) is 4.99 Å². The van der Waals surface area contributed by atoms with Crippen molar-refractivity contribution >= 4 is 23.5 Å². The fraction of sp³-hybridized carbons (Fsp3) is 0.385. The summed E-state index contributed by atoms with van der Waals surface area (Å²) in [5.41, 5.74) is 0.698. The summed E-state index contributed by atoms with van der Waals surface area (Å²) in [6.07, 6.45) is 2.24. The third kappa shape index (κ3) is 1.96. The van der Waals surface area contributed by atoms with E-state index >= 15 is 0 Å². The van der Waals surface area contributed by atoms with Crippen LogP contribution >= 0.6 is 11.6 Å². The second-order valence-electron chi connectivity index (χ2n) is 5.02. The van der Waals surface area contributed by atoms with Gasteiger partial charge in [0.05, 0.1) is 5.02 Å². The van der Waals surface area contributed by atoms with Gasteiger partial charge in [0, 0.05) is 6.04 Å². The first-order chi connectivity index (χ1) is 9.70. The van der Waals surface area contributed by atoms with Crippen molar-refractivity contribution in [3.8, 4) is 11.5 Å². The number of carbonyl (C=O) groups is 1. The molecule has 0 saturated heterocycles. The summed E-state index contributed by atoms with van der Waals surface area (Å²) in [4.78, 5) is 16.4. The first-order valence-corrected chi connectivity index (χ1v) is 6.83. The molecule has 1 aromatic rings. The number of hydrogen-bond acceptors (Lipinski definition) is 5. The molecule has 1 saturated carbocycles. The van der Waals surface area contributed by atoms with Crippen LogP contribution in [0.4, 0.5) is 0 Å². The van der Waals surface area contributed by atoms with Crippen LogP contribution in [0.25, 0.3) is 0 Å². The van der Waals surface area contributed by atoms with Gasteiger partial charge in [0.2, 0.25) is 6.79 Å². The van der Waals surface area contributed by atoms with Crippen LogP contribution in [0.3, 0.4) is 0 Å². The molecular weight excluding hydrogens is 282 g/mol. The highest BCUT2D eigenvalue weighted by atomic mass is 35.5. The van der Waals surface area contributed by atoms with Gasteiger partial charge in [-0.2, -0.15) is 0 Å². The highest BCUT2D eigenvalue weighted by molar-refractivity contribution is 6.32. The van der Waals surface area contributed by atoms with Crippen molar-refractivity contribution < 1.29 is 14.3 Å². The van der Waals surface area contributed by atoms with Gasteiger partial charge in [-0.1, -0.05) is 11.6 Å². The molecule has 4 rings (SSSR count). The standard InChI is InChI=1S/C13H12ClN3O3/c14-8-3-6(4-9-11(8)20-5-19-9)10-12(18)17-13(16-10)15-7-1-2-7/h3-4,7,10H,1-2,5H2,(H2,15,16,17,18). The molecule has 1 amide bonds. The van der Waals surface area contributed by atoms with Crippen LogP contribution < -0.4 is 20.1 Å². The SMILES string of the molecule is O=C1NC(NC2CC2)=NC1c1cc(Cl)c2c(c1)OCO2. The third-order valence-corrected chi connectivity index (χ3v) is 3.71. The van der Waals surface area contributed by atoms with Gasteiger partial charge in [0.15, 0.2) is 23.5 Å². The average Bonchev–Trinajstić information content (AvgIpc) is 2.96. The van der Waals surface area contributed by atoms with E-state index in [2.05, 4.69) is 15.6 Å². The number of aliphatic imine (C=N–C) groups is 1. The Hall–Kier alpha value is -1.95. The lowest BCUT2D eigenvalue weighted by molar-refractivity contribution is -0.120. The number of ether oxygens (including phenoxy) is 2. The number of nitrogens with one attached hydrogen (secondary N) is 2. The molecule has 6 nitrogen and oxygen atoms in total. The van der Waals surface area contributed by atoms with Crippen molar-refractivity contribution in [3.05, 3.63) is 22.7 Å². The van der Waals surface area contributed by atoms with E-state index < -0.39 is 6.04 Å². The molecule has 2 heterocycles. The number of nitrogens with zero attached hydrogens (tertiary/aromatic N) is 1. The molecule has 1 atom stereocenters. The van der Waals surface area contributed by atoms with E-state index in [-0.39, 0.29) is 12.7 Å². The van der Waals surface area contributed by atoms with Crippen molar-refractivity contribution in [2.45, 2.75) is 24.9 Å². The minimum absolute atomic E-state index is 0.146. The summed E-state index contributed by atoms with van der Waals surface area (Å²) in [5.74, 6) is 1.45. The molecule has 0 aromatic heterocycles. The maximum Gasteiger partial charge on any atom is 0.256 e. The minimum Gasteiger partial charge on any atom is -0.454 e. The summed E-state index contributed by atoms with van der Waals surface area (Å²) >= 11 is 6.13. The minimum atomic E-state index is -0.594. The molecule has 104 valence electrons. The normalized spacial score (nSPS) is 23.6. The lowest BCUT2D eigenvalue weighted by Crippen LogP contribution is -2.37. The number of hydrogen-bond donors (Lipinski definition) is 2. The van der Waals surface area contributed by atoms with Crippen LogP contribution in [0.1, 0.15) is 24.4 Å². The molecule has 1 fully saturated rings. The Morgan fingerprint density at radius 1 is 1.35 bits per heavy atom. The number of fused-ring (bicyclic) bond motifs is 1. The number of carbonyl (C=O) groups excluding carboxylic acids is 1. The molecular formula is C13H12ClN3O3. The summed E-state index contributed by atoms with van der Waals surface area (Å²) in [6.45, 7) is 0.146. The van der Waals surface area contributed by atoms with Crippen LogP contribution in [0.15, 0.2) is 17.1 Å². The lowest BCUT2D eigenvalue weighted by atomic mass is 10.1. The molecule has 2 aliphatic heterocycles. The van der Waals surface area contributed by atoms with Gasteiger partial charge in [-0.25, -0.2) is 4.99 Å². The maximum absolute atomic E-state index is 12.0. The molecule has 3 aliphatic rings. The van der Waals surface area contributed by atoms with Crippen LogP contribution in [-0.4, -0.2) is 24.7 Å². The predicted molar refractivity (Wildman–Crippen MR) is 72.1 cm³/mol. The zero-order valence-electron chi connectivity index (χ0n) is 10.5. The first kappa shape index (κ1) is 11.8. The highest BCUT2D eigenvalue weighted by Gasteiger charge is 2.33. The number of halogens is 1. The smallest absolute Gasteiger partial charge is 0.256 e. The Balaban J connectivity index is 1.65. The van der Waals surface area contributed by atoms with Crippen molar-refractivity contribution in [1.82, 2.24) is 10.6 Å². The number of benzene rings is 1. The molecule has 1 unspecified atom stereocenters. The highest BCUT2D eigenvalue weighted by Crippen LogP contribution is 2.41. The molecule has 20 heavy (non-hydrogen) atoms. The predicted octanol–water partition coefficient (Wildman–Crippen LogP) is 1.35. The van der Waals surface area contributed by atoms with Gasteiger partial charge >= 0.3 is 0 Å². The number of amides is 1. The van der Waals surface area contributed by atoms with Gasteiger partial charge in [-0.15, -0.1) is 0 Å². The molecule has 0 radical (unpaired) electrons. The fourth-order valence-electron chi connectivity index (χ4n) is 2.27. The molecule has 7 heteroatoms. The van der Waals surface area contributed by atoms with Crippen LogP contribution in [-0.2, 0) is 4.79 Å². The van der Waals surface area contributed by atoms with E-state index in [9.17, 15) is 4.79 Å². The molecule has 1 aromatic carbocycles. The van der Waals surface area contributed by atoms with E-state index in [4.69, 9.17) is 21.1 Å². The van der Waals surface area contributed by atoms with Gasteiger partial charge in [0.1, 0.15) is 0 Å². The average molecular weight is 294 g/mol. The Bertz CT molecular complexity index is 628. The van der Waals surface area contributed by atoms with Crippen LogP contribution in [0.2, 0.25) is 5.02 Å². The number of rotatable bonds is 2. The zero-order valence-corrected chi connectivity index (χ0v) is 11.2. The molecule has 0 bridgehead atoms. The Morgan fingerprint density at radius 2 is 2.20 bits per heavy atom. The molecule has 1 aliphatic carbocycles. The summed E-state index contributed by atoms with van der Waals surface area (Å²) < 4.78 is 10.6. The summed E-state index contributed by atoms with van der Waals surface area (Å²) in [7, 11) is 0. The Morgan fingerprint density at radius 3 is 3.00 bits per heavy atom. The van der Waals surface area contributed by atoms with E-state index in [0.29, 0.717) is 34.1 Å². The van der Waals surface area contributed by atoms with Crippen molar-refractivity contribution in [3.63, 3.8) is 0 Å². The quantitative estimate of drug-likeness (QED) is 0.863. The molecule has 0 spiro atoms. The second-order valence-corrected chi connectivity index (χ2v) is 5.43. The van der Waals surface area contributed by atoms with Crippen molar-refractivity contribution in [1.29, 1.82) is 0 Å². The van der Waals surface area contributed by atoms with Gasteiger partial charge in [-0.3, -0.25) is 10.1 Å². The fourth-order valence-corrected chi connectivity index (χ4v) is 2.54. The summed E-state index contributed by atoms with van der Waals surface area (Å²) in [6, 6.07) is 3.29. The Kier molecular flexibility index (Phi) is 2.53. The van der Waals surface area contributed by atoms with Gasteiger partial charge in [-0.05, 0) is 30.5 Å². The van der Waals surface area contributed by atoms with E-state index in [1.165, 1.54) is 0 Å². The lowest BCUT2D eigenvalue weighted by Gasteiger charge is -2.07. The van der Waals surface area contributed by atoms with E-state index in [1.54, 1.807) is 12.1 Å². The third-order valence-electron chi connectivity index (χ3n) is 3.43. The van der Waals surface area contributed by atoms with Gasteiger partial charge < -0.3 is 14.8 Å². The topological polar surface area (TPSA) is 72.0 Å². The van der Waals surface area contributed by atoms with Crippen LogP contribution in [0, 0.1) is 0 Å². The first-order valence-electron chi connectivity index (χ1n) is 6.45. The van der Waals surface area contributed by atoms with E-state index in [0.717, 1.165) is 12.8 Å². The monoisotopic (exact) mass is 293 g/mol. The van der Waals surface area contributed by atoms with Gasteiger partial charge in [0.25, 0.3) is 5.91 Å². The second kappa shape index (κ2) is 4.28. The molecule has 2 N–H and O–H groups in total. The zero-order chi connectivity index (χ0) is 13.7. The largest absolute Gasteiger partial charge is 0.454 e. The Labute approximate surface area is 120 Å². The van der Waals surface area contributed by atoms with E-state index in [1.807, 2.05) is 0 Å². The number of guanidine groups is 1. The summed E-state index contributed by atoms with van der Waals surface area (Å²) in [5, 5.41) is 6.36. The van der Waals surface area contributed by atoms with Crippen LogP contribution in [0.5, 0.6) is 11.5 Å².